The van der Waals surface area contributed by atoms with Crippen molar-refractivity contribution in [2.24, 2.45) is 0 Å². The summed E-state index contributed by atoms with van der Waals surface area (Å²) in [5.74, 6) is 1.59. The lowest BCUT2D eigenvalue weighted by Gasteiger charge is -2.11. The Morgan fingerprint density at radius 1 is 1.12 bits per heavy atom. The van der Waals surface area contributed by atoms with Crippen molar-refractivity contribution in [2.75, 3.05) is 25.6 Å². The molecule has 6 nitrogen and oxygen atoms in total. The number of rotatable bonds is 8. The van der Waals surface area contributed by atoms with Gasteiger partial charge in [-0.1, -0.05) is 6.07 Å². The van der Waals surface area contributed by atoms with Gasteiger partial charge in [-0.25, -0.2) is 4.98 Å². The third-order valence-electron chi connectivity index (χ3n) is 3.21. The van der Waals surface area contributed by atoms with Gasteiger partial charge in [-0.3, -0.25) is 4.79 Å². The van der Waals surface area contributed by atoms with Gasteiger partial charge in [0.2, 0.25) is 11.8 Å². The van der Waals surface area contributed by atoms with Crippen LogP contribution in [0.3, 0.4) is 0 Å². The predicted molar refractivity (Wildman–Crippen MR) is 97.2 cm³/mol. The van der Waals surface area contributed by atoms with Crippen LogP contribution >= 0.6 is 0 Å². The van der Waals surface area contributed by atoms with E-state index in [0.717, 1.165) is 5.56 Å². The fraction of sp³-hybridized carbons (Fsp3) is 0.263. The molecule has 0 saturated carbocycles. The van der Waals surface area contributed by atoms with E-state index in [1.165, 1.54) is 19.4 Å². The van der Waals surface area contributed by atoms with E-state index in [4.69, 9.17) is 14.2 Å². The molecule has 0 bridgehead atoms. The number of amides is 1. The molecule has 1 aromatic carbocycles. The van der Waals surface area contributed by atoms with Gasteiger partial charge in [-0.15, -0.1) is 0 Å². The molecule has 1 aromatic heterocycles. The average Bonchev–Trinajstić information content (AvgIpc) is 2.63. The van der Waals surface area contributed by atoms with Crippen molar-refractivity contribution < 1.29 is 19.0 Å². The molecule has 2 rings (SSSR count). The van der Waals surface area contributed by atoms with Gasteiger partial charge in [0.1, 0.15) is 0 Å². The van der Waals surface area contributed by atoms with Crippen LogP contribution in [0, 0.1) is 0 Å². The van der Waals surface area contributed by atoms with Gasteiger partial charge >= 0.3 is 0 Å². The van der Waals surface area contributed by atoms with Crippen LogP contribution in [-0.4, -0.2) is 31.2 Å². The highest BCUT2D eigenvalue weighted by atomic mass is 16.5. The number of carbonyl (C=O) groups excluding carboxylic acids is 1. The van der Waals surface area contributed by atoms with Crippen LogP contribution in [0.2, 0.25) is 0 Å². The summed E-state index contributed by atoms with van der Waals surface area (Å²) in [5, 5.41) is 2.74. The van der Waals surface area contributed by atoms with Crippen molar-refractivity contribution in [1.82, 2.24) is 4.98 Å². The van der Waals surface area contributed by atoms with Crippen molar-refractivity contribution in [1.29, 1.82) is 0 Å². The van der Waals surface area contributed by atoms with Crippen LogP contribution in [0.4, 0.5) is 5.69 Å². The smallest absolute Gasteiger partial charge is 0.248 e. The summed E-state index contributed by atoms with van der Waals surface area (Å²) >= 11 is 0. The van der Waals surface area contributed by atoms with Crippen molar-refractivity contribution in [3.63, 3.8) is 0 Å². The fourth-order valence-electron chi connectivity index (χ4n) is 2.10. The molecule has 0 saturated heterocycles. The first-order valence-electron chi connectivity index (χ1n) is 8.05. The molecule has 1 heterocycles. The van der Waals surface area contributed by atoms with Gasteiger partial charge in [-0.05, 0) is 43.7 Å². The van der Waals surface area contributed by atoms with Crippen molar-refractivity contribution >= 4 is 17.7 Å². The summed E-state index contributed by atoms with van der Waals surface area (Å²) in [6, 6.07) is 8.95. The Balaban J connectivity index is 2.04. The highest BCUT2D eigenvalue weighted by molar-refractivity contribution is 6.01. The SMILES string of the molecule is CCOc1ccc(/C=C/C(=O)Nc2ccc(OC)nc2)cc1OCC. The maximum Gasteiger partial charge on any atom is 0.248 e. The quantitative estimate of drug-likeness (QED) is 0.743. The second-order valence-electron chi connectivity index (χ2n) is 4.98. The number of ether oxygens (including phenoxy) is 3. The van der Waals surface area contributed by atoms with Crippen LogP contribution in [-0.2, 0) is 4.79 Å². The number of anilines is 1. The molecular formula is C19H22N2O4. The minimum atomic E-state index is -0.251. The van der Waals surface area contributed by atoms with Crippen molar-refractivity contribution in [3.8, 4) is 17.4 Å². The van der Waals surface area contributed by atoms with Gasteiger partial charge in [-0.2, -0.15) is 0 Å². The Hall–Kier alpha value is -3.02. The molecule has 0 atom stereocenters. The van der Waals surface area contributed by atoms with Crippen molar-refractivity contribution in [2.45, 2.75) is 13.8 Å². The number of nitrogens with one attached hydrogen (secondary N) is 1. The molecule has 0 radical (unpaired) electrons. The lowest BCUT2D eigenvalue weighted by molar-refractivity contribution is -0.111. The molecular weight excluding hydrogens is 320 g/mol. The molecule has 6 heteroatoms. The zero-order chi connectivity index (χ0) is 18.1. The zero-order valence-corrected chi connectivity index (χ0v) is 14.6. The third kappa shape index (κ3) is 5.53. The molecule has 0 aliphatic heterocycles. The molecule has 0 unspecified atom stereocenters. The number of methoxy groups -OCH3 is 1. The molecule has 1 amide bonds. The van der Waals surface area contributed by atoms with Crippen LogP contribution in [0.1, 0.15) is 19.4 Å². The fourth-order valence-corrected chi connectivity index (χ4v) is 2.10. The summed E-state index contributed by atoms with van der Waals surface area (Å²) in [6.45, 7) is 4.93. The maximum absolute atomic E-state index is 12.0. The highest BCUT2D eigenvalue weighted by Gasteiger charge is 2.05. The predicted octanol–water partition coefficient (Wildman–Crippen LogP) is 3.54. The number of carbonyl (C=O) groups is 1. The van der Waals surface area contributed by atoms with Gasteiger partial charge < -0.3 is 19.5 Å². The summed E-state index contributed by atoms with van der Waals surface area (Å²) in [4.78, 5) is 16.0. The molecule has 2 aromatic rings. The molecule has 0 spiro atoms. The van der Waals surface area contributed by atoms with Crippen LogP contribution in [0.5, 0.6) is 17.4 Å². The lowest BCUT2D eigenvalue weighted by Crippen LogP contribution is -2.08. The zero-order valence-electron chi connectivity index (χ0n) is 14.6. The lowest BCUT2D eigenvalue weighted by atomic mass is 10.2. The minimum Gasteiger partial charge on any atom is -0.490 e. The highest BCUT2D eigenvalue weighted by Crippen LogP contribution is 2.29. The number of pyridine rings is 1. The van der Waals surface area contributed by atoms with Crippen LogP contribution in [0.25, 0.3) is 6.08 Å². The van der Waals surface area contributed by atoms with Crippen molar-refractivity contribution in [3.05, 3.63) is 48.2 Å². The van der Waals surface area contributed by atoms with E-state index in [1.54, 1.807) is 18.2 Å². The van der Waals surface area contributed by atoms with Crippen LogP contribution < -0.4 is 19.5 Å². The van der Waals surface area contributed by atoms with E-state index in [1.807, 2.05) is 32.0 Å². The average molecular weight is 342 g/mol. The van der Waals surface area contributed by atoms with Gasteiger partial charge in [0.25, 0.3) is 0 Å². The Morgan fingerprint density at radius 2 is 1.88 bits per heavy atom. The first-order valence-corrected chi connectivity index (χ1v) is 8.05. The van der Waals surface area contributed by atoms with E-state index < -0.39 is 0 Å². The molecule has 132 valence electrons. The monoisotopic (exact) mass is 342 g/mol. The number of aromatic nitrogens is 1. The standard InChI is InChI=1S/C19H22N2O4/c1-4-24-16-9-6-14(12-17(16)25-5-2)7-10-18(22)21-15-8-11-19(23-3)20-13-15/h6-13H,4-5H2,1-3H3,(H,21,22)/b10-7+. The number of benzene rings is 1. The van der Waals surface area contributed by atoms with E-state index in [0.29, 0.717) is 36.3 Å². The number of hydrogen-bond acceptors (Lipinski definition) is 5. The molecule has 25 heavy (non-hydrogen) atoms. The molecule has 0 aliphatic rings. The second-order valence-corrected chi connectivity index (χ2v) is 4.98. The number of hydrogen-bond donors (Lipinski definition) is 1. The van der Waals surface area contributed by atoms with E-state index >= 15 is 0 Å². The van der Waals surface area contributed by atoms with Gasteiger partial charge in [0.15, 0.2) is 11.5 Å². The largest absolute Gasteiger partial charge is 0.490 e. The summed E-state index contributed by atoms with van der Waals surface area (Å²) < 4.78 is 16.1. The Bertz CT molecular complexity index is 727. The number of nitrogens with zero attached hydrogens (tertiary/aromatic N) is 1. The topological polar surface area (TPSA) is 69.7 Å². The maximum atomic E-state index is 12.0. The van der Waals surface area contributed by atoms with E-state index in [9.17, 15) is 4.79 Å². The first kappa shape index (κ1) is 18.3. The molecule has 0 fully saturated rings. The van der Waals surface area contributed by atoms with Crippen LogP contribution in [0.15, 0.2) is 42.6 Å². The third-order valence-corrected chi connectivity index (χ3v) is 3.21. The Morgan fingerprint density at radius 3 is 2.52 bits per heavy atom. The summed E-state index contributed by atoms with van der Waals surface area (Å²) in [5.41, 5.74) is 1.44. The second kappa shape index (κ2) is 9.32. The van der Waals surface area contributed by atoms with E-state index in [-0.39, 0.29) is 5.91 Å². The minimum absolute atomic E-state index is 0.251. The van der Waals surface area contributed by atoms with E-state index in [2.05, 4.69) is 10.3 Å². The first-order chi connectivity index (χ1) is 12.2. The van der Waals surface area contributed by atoms with Gasteiger partial charge in [0, 0.05) is 12.1 Å². The summed E-state index contributed by atoms with van der Waals surface area (Å²) in [6.07, 6.45) is 4.70. The van der Waals surface area contributed by atoms with Gasteiger partial charge in [0.05, 0.1) is 32.2 Å². The summed E-state index contributed by atoms with van der Waals surface area (Å²) in [7, 11) is 1.54. The Labute approximate surface area is 147 Å². The normalized spacial score (nSPS) is 10.5. The Kier molecular flexibility index (Phi) is 6.83. The molecule has 0 aliphatic carbocycles. The molecule has 1 N–H and O–H groups in total.